The average Bonchev–Trinajstić information content (AvgIpc) is 2.54. The van der Waals surface area contributed by atoms with Crippen molar-refractivity contribution in [1.29, 1.82) is 0 Å². The largest absolute Gasteiger partial charge is 0.378 e. The summed E-state index contributed by atoms with van der Waals surface area (Å²) < 4.78 is 11.9. The van der Waals surface area contributed by atoms with Gasteiger partial charge in [-0.25, -0.2) is 0 Å². The van der Waals surface area contributed by atoms with Crippen LogP contribution in [0.3, 0.4) is 0 Å². The summed E-state index contributed by atoms with van der Waals surface area (Å²) in [7, 11) is 0. The highest BCUT2D eigenvalue weighted by Gasteiger charge is 2.47. The van der Waals surface area contributed by atoms with Crippen molar-refractivity contribution in [1.82, 2.24) is 9.88 Å². The minimum atomic E-state index is 0.0228. The lowest BCUT2D eigenvalue weighted by atomic mass is 9.84. The lowest BCUT2D eigenvalue weighted by molar-refractivity contribution is -0.198. The van der Waals surface area contributed by atoms with Gasteiger partial charge in [-0.2, -0.15) is 0 Å². The maximum atomic E-state index is 6.07. The molecule has 2 fully saturated rings. The number of aromatic nitrogens is 1. The lowest BCUT2D eigenvalue weighted by Crippen LogP contribution is -2.65. The third-order valence-corrected chi connectivity index (χ3v) is 4.92. The highest BCUT2D eigenvalue weighted by molar-refractivity contribution is 5.78. The molecule has 2 aliphatic rings. The maximum absolute atomic E-state index is 6.07. The Kier molecular flexibility index (Phi) is 4.05. The van der Waals surface area contributed by atoms with Gasteiger partial charge in [0.1, 0.15) is 0 Å². The third-order valence-electron chi connectivity index (χ3n) is 4.92. The number of fused-ring (bicyclic) bond motifs is 1. The molecule has 0 radical (unpaired) electrons. The first-order valence-electron chi connectivity index (χ1n) is 8.59. The first-order chi connectivity index (χ1) is 11.3. The molecule has 0 saturated carbocycles. The van der Waals surface area contributed by atoms with E-state index in [9.17, 15) is 0 Å². The Morgan fingerprint density at radius 1 is 1.26 bits per heavy atom. The summed E-state index contributed by atoms with van der Waals surface area (Å²) in [5.74, 6) is 0. The Hall–Kier alpha value is -1.49. The van der Waals surface area contributed by atoms with Gasteiger partial charge in [0.2, 0.25) is 0 Å². The molecular formula is C19H24N2O2. The average molecular weight is 312 g/mol. The number of benzene rings is 1. The van der Waals surface area contributed by atoms with Gasteiger partial charge in [0.25, 0.3) is 0 Å². The van der Waals surface area contributed by atoms with Gasteiger partial charge >= 0.3 is 0 Å². The standard InChI is InChI=1S/C19H24N2O2/c1-2-22-17-9-10-23-19(11-17)13-21(14-19)12-16-8-7-15-5-3-4-6-18(15)20-16/h3-8,17H,2,9-14H2,1H3. The van der Waals surface area contributed by atoms with Crippen LogP contribution in [0.1, 0.15) is 25.5 Å². The first-order valence-corrected chi connectivity index (χ1v) is 8.59. The molecule has 4 rings (SSSR count). The van der Waals surface area contributed by atoms with Crippen molar-refractivity contribution >= 4 is 10.9 Å². The monoisotopic (exact) mass is 312 g/mol. The molecule has 1 aromatic heterocycles. The number of hydrogen-bond acceptors (Lipinski definition) is 4. The number of rotatable bonds is 4. The zero-order valence-corrected chi connectivity index (χ0v) is 13.7. The van der Waals surface area contributed by atoms with Crippen molar-refractivity contribution in [3.63, 3.8) is 0 Å². The Labute approximate surface area is 137 Å². The molecule has 2 aliphatic heterocycles. The summed E-state index contributed by atoms with van der Waals surface area (Å²) in [6, 6.07) is 12.6. The van der Waals surface area contributed by atoms with E-state index in [4.69, 9.17) is 14.5 Å². The number of para-hydroxylation sites is 1. The minimum absolute atomic E-state index is 0.0228. The SMILES string of the molecule is CCOC1CCOC2(C1)CN(Cc1ccc3ccccc3n1)C2. The van der Waals surface area contributed by atoms with E-state index in [1.54, 1.807) is 0 Å². The fourth-order valence-electron chi connectivity index (χ4n) is 3.89. The second-order valence-electron chi connectivity index (χ2n) is 6.74. The van der Waals surface area contributed by atoms with Crippen molar-refractivity contribution in [2.24, 2.45) is 0 Å². The van der Waals surface area contributed by atoms with E-state index in [1.165, 1.54) is 5.39 Å². The van der Waals surface area contributed by atoms with Gasteiger partial charge in [-0.3, -0.25) is 9.88 Å². The fraction of sp³-hybridized carbons (Fsp3) is 0.526. The number of hydrogen-bond donors (Lipinski definition) is 0. The van der Waals surface area contributed by atoms with Crippen molar-refractivity contribution in [3.05, 3.63) is 42.1 Å². The predicted molar refractivity (Wildman–Crippen MR) is 90.4 cm³/mol. The maximum Gasteiger partial charge on any atom is 0.0959 e. The summed E-state index contributed by atoms with van der Waals surface area (Å²) in [4.78, 5) is 7.19. The van der Waals surface area contributed by atoms with Crippen LogP contribution in [0.4, 0.5) is 0 Å². The highest BCUT2D eigenvalue weighted by atomic mass is 16.5. The molecule has 23 heavy (non-hydrogen) atoms. The highest BCUT2D eigenvalue weighted by Crippen LogP contribution is 2.36. The molecular weight excluding hydrogens is 288 g/mol. The van der Waals surface area contributed by atoms with Crippen LogP contribution in [-0.2, 0) is 16.0 Å². The molecule has 3 heterocycles. The summed E-state index contributed by atoms with van der Waals surface area (Å²) in [6.07, 6.45) is 2.43. The van der Waals surface area contributed by atoms with Gasteiger partial charge in [0.15, 0.2) is 0 Å². The molecule has 0 bridgehead atoms. The lowest BCUT2D eigenvalue weighted by Gasteiger charge is -2.53. The van der Waals surface area contributed by atoms with Crippen LogP contribution in [-0.4, -0.2) is 47.9 Å². The van der Waals surface area contributed by atoms with Crippen molar-refractivity contribution in [2.45, 2.75) is 38.0 Å². The molecule has 1 unspecified atom stereocenters. The molecule has 0 aliphatic carbocycles. The Morgan fingerprint density at radius 2 is 2.13 bits per heavy atom. The number of pyridine rings is 1. The van der Waals surface area contributed by atoms with Crippen LogP contribution in [0.15, 0.2) is 36.4 Å². The second kappa shape index (κ2) is 6.19. The fourth-order valence-corrected chi connectivity index (χ4v) is 3.89. The zero-order chi connectivity index (χ0) is 15.7. The number of ether oxygens (including phenoxy) is 2. The van der Waals surface area contributed by atoms with E-state index >= 15 is 0 Å². The van der Waals surface area contributed by atoms with Crippen LogP contribution >= 0.6 is 0 Å². The van der Waals surface area contributed by atoms with Crippen LogP contribution < -0.4 is 0 Å². The molecule has 1 aromatic carbocycles. The quantitative estimate of drug-likeness (QED) is 0.869. The van der Waals surface area contributed by atoms with E-state index in [0.717, 1.165) is 56.9 Å². The van der Waals surface area contributed by atoms with Crippen LogP contribution in [0, 0.1) is 0 Å². The zero-order valence-electron chi connectivity index (χ0n) is 13.7. The molecule has 0 N–H and O–H groups in total. The van der Waals surface area contributed by atoms with Crippen molar-refractivity contribution in [2.75, 3.05) is 26.3 Å². The van der Waals surface area contributed by atoms with Gasteiger partial charge in [0.05, 0.1) is 22.9 Å². The summed E-state index contributed by atoms with van der Waals surface area (Å²) in [5, 5.41) is 1.20. The van der Waals surface area contributed by atoms with Gasteiger partial charge in [-0.05, 0) is 25.5 Å². The Bertz CT molecular complexity index is 680. The van der Waals surface area contributed by atoms with Gasteiger partial charge in [0, 0.05) is 44.7 Å². The number of nitrogens with zero attached hydrogens (tertiary/aromatic N) is 2. The number of likely N-dealkylation sites (tertiary alicyclic amines) is 1. The molecule has 2 aromatic rings. The molecule has 2 saturated heterocycles. The molecule has 122 valence electrons. The topological polar surface area (TPSA) is 34.6 Å². The van der Waals surface area contributed by atoms with Gasteiger partial charge in [-0.15, -0.1) is 0 Å². The summed E-state index contributed by atoms with van der Waals surface area (Å²) in [5.41, 5.74) is 2.23. The van der Waals surface area contributed by atoms with Crippen molar-refractivity contribution in [3.8, 4) is 0 Å². The van der Waals surface area contributed by atoms with E-state index in [1.807, 2.05) is 6.07 Å². The van der Waals surface area contributed by atoms with E-state index in [2.05, 4.69) is 42.2 Å². The molecule has 4 nitrogen and oxygen atoms in total. The van der Waals surface area contributed by atoms with Crippen LogP contribution in [0.25, 0.3) is 10.9 Å². The summed E-state index contributed by atoms with van der Waals surface area (Å²) >= 11 is 0. The third kappa shape index (κ3) is 3.11. The van der Waals surface area contributed by atoms with Gasteiger partial charge in [-0.1, -0.05) is 24.3 Å². The predicted octanol–water partition coefficient (Wildman–Crippen LogP) is 3.00. The van der Waals surface area contributed by atoms with E-state index in [-0.39, 0.29) is 5.60 Å². The molecule has 4 heteroatoms. The van der Waals surface area contributed by atoms with Crippen molar-refractivity contribution < 1.29 is 9.47 Å². The second-order valence-corrected chi connectivity index (χ2v) is 6.74. The van der Waals surface area contributed by atoms with Crippen LogP contribution in [0.2, 0.25) is 0 Å². The van der Waals surface area contributed by atoms with Crippen LogP contribution in [0.5, 0.6) is 0 Å². The van der Waals surface area contributed by atoms with E-state index in [0.29, 0.717) is 6.10 Å². The smallest absolute Gasteiger partial charge is 0.0959 e. The van der Waals surface area contributed by atoms with E-state index < -0.39 is 0 Å². The molecule has 0 amide bonds. The molecule has 1 atom stereocenters. The first kappa shape index (κ1) is 15.1. The normalized spacial score (nSPS) is 24.0. The Morgan fingerprint density at radius 3 is 3.00 bits per heavy atom. The Balaban J connectivity index is 1.38. The van der Waals surface area contributed by atoms with Gasteiger partial charge < -0.3 is 9.47 Å². The summed E-state index contributed by atoms with van der Waals surface area (Å²) in [6.45, 7) is 6.57. The molecule has 1 spiro atoms. The minimum Gasteiger partial charge on any atom is -0.378 e.